The molecule has 0 saturated heterocycles. The molecule has 6 nitrogen and oxygen atoms in total. The van der Waals surface area contributed by atoms with E-state index in [0.717, 1.165) is 24.2 Å². The minimum Gasteiger partial charge on any atom is -0.480 e. The van der Waals surface area contributed by atoms with Gasteiger partial charge in [-0.15, -0.1) is 23.7 Å². The van der Waals surface area contributed by atoms with Crippen molar-refractivity contribution in [2.75, 3.05) is 5.32 Å². The van der Waals surface area contributed by atoms with Gasteiger partial charge in [-0.05, 0) is 25.0 Å². The molecule has 1 heterocycles. The van der Waals surface area contributed by atoms with Crippen LogP contribution in [0.15, 0.2) is 12.1 Å². The van der Waals surface area contributed by atoms with Gasteiger partial charge in [0.1, 0.15) is 6.04 Å². The Hall–Kier alpha value is -2.33. The first-order chi connectivity index (χ1) is 10.0. The van der Waals surface area contributed by atoms with Crippen LogP contribution in [-0.4, -0.2) is 28.9 Å². The van der Waals surface area contributed by atoms with Gasteiger partial charge in [0.05, 0.1) is 9.88 Å². The van der Waals surface area contributed by atoms with Crippen LogP contribution in [-0.2, 0) is 9.59 Å². The topological polar surface area (TPSA) is 95.5 Å². The molecule has 21 heavy (non-hydrogen) atoms. The van der Waals surface area contributed by atoms with Crippen molar-refractivity contribution >= 4 is 34.1 Å². The van der Waals surface area contributed by atoms with Crippen molar-refractivity contribution in [3.05, 3.63) is 17.0 Å². The Morgan fingerprint density at radius 1 is 1.43 bits per heavy atom. The molecule has 1 aliphatic carbocycles. The van der Waals surface area contributed by atoms with E-state index in [0.29, 0.717) is 9.88 Å². The van der Waals surface area contributed by atoms with Gasteiger partial charge >= 0.3 is 5.97 Å². The average Bonchev–Trinajstić information content (AvgIpc) is 3.18. The van der Waals surface area contributed by atoms with E-state index in [2.05, 4.69) is 16.6 Å². The van der Waals surface area contributed by atoms with Crippen LogP contribution in [0.3, 0.4) is 0 Å². The van der Waals surface area contributed by atoms with Gasteiger partial charge in [-0.2, -0.15) is 0 Å². The van der Waals surface area contributed by atoms with E-state index in [1.165, 1.54) is 6.07 Å². The van der Waals surface area contributed by atoms with Crippen molar-refractivity contribution in [1.82, 2.24) is 5.32 Å². The molecule has 1 aromatic rings. The number of hydrogen-bond acceptors (Lipinski definition) is 4. The van der Waals surface area contributed by atoms with Crippen LogP contribution >= 0.6 is 11.3 Å². The van der Waals surface area contributed by atoms with Gasteiger partial charge in [0.15, 0.2) is 0 Å². The quantitative estimate of drug-likeness (QED) is 0.690. The van der Waals surface area contributed by atoms with Gasteiger partial charge in [-0.25, -0.2) is 4.79 Å². The van der Waals surface area contributed by atoms with Crippen molar-refractivity contribution in [3.8, 4) is 12.3 Å². The zero-order valence-corrected chi connectivity index (χ0v) is 11.9. The van der Waals surface area contributed by atoms with Gasteiger partial charge in [0, 0.05) is 12.3 Å². The number of carboxylic acids is 1. The van der Waals surface area contributed by atoms with E-state index in [9.17, 15) is 14.4 Å². The highest BCUT2D eigenvalue weighted by atomic mass is 32.1. The largest absolute Gasteiger partial charge is 0.480 e. The third kappa shape index (κ3) is 4.07. The number of hydrogen-bond donors (Lipinski definition) is 3. The number of rotatable bonds is 6. The van der Waals surface area contributed by atoms with Crippen LogP contribution in [0.1, 0.15) is 28.9 Å². The zero-order valence-electron chi connectivity index (χ0n) is 11.1. The number of nitrogens with one attached hydrogen (secondary N) is 2. The molecule has 0 aliphatic heterocycles. The van der Waals surface area contributed by atoms with Gasteiger partial charge in [-0.3, -0.25) is 9.59 Å². The lowest BCUT2D eigenvalue weighted by molar-refractivity contribution is -0.139. The minimum atomic E-state index is -1.18. The van der Waals surface area contributed by atoms with E-state index in [-0.39, 0.29) is 18.2 Å². The highest BCUT2D eigenvalue weighted by Gasteiger charge is 2.30. The third-order valence-corrected chi connectivity index (χ3v) is 3.95. The molecule has 1 aliphatic rings. The number of anilines is 1. The van der Waals surface area contributed by atoms with E-state index >= 15 is 0 Å². The molecule has 0 bridgehead atoms. The molecular formula is C14H14N2O4S. The monoisotopic (exact) mass is 306 g/mol. The lowest BCUT2D eigenvalue weighted by atomic mass is 10.2. The lowest BCUT2D eigenvalue weighted by Crippen LogP contribution is -2.40. The Bertz CT molecular complexity index is 613. The molecule has 7 heteroatoms. The fraction of sp³-hybridized carbons (Fsp3) is 0.357. The fourth-order valence-corrected chi connectivity index (χ4v) is 2.46. The fourth-order valence-electron chi connectivity index (χ4n) is 1.64. The van der Waals surface area contributed by atoms with E-state index in [1.54, 1.807) is 6.07 Å². The summed E-state index contributed by atoms with van der Waals surface area (Å²) in [4.78, 5) is 34.8. The van der Waals surface area contributed by atoms with Crippen LogP contribution in [0.2, 0.25) is 0 Å². The Morgan fingerprint density at radius 2 is 2.14 bits per heavy atom. The number of carboxylic acid groups (broad SMARTS) is 1. The summed E-state index contributed by atoms with van der Waals surface area (Å²) in [6.07, 6.45) is 6.78. The summed E-state index contributed by atoms with van der Waals surface area (Å²) < 4.78 is 0. The van der Waals surface area contributed by atoms with Crippen molar-refractivity contribution in [3.63, 3.8) is 0 Å². The summed E-state index contributed by atoms with van der Waals surface area (Å²) in [6, 6.07) is 2.04. The second-order valence-electron chi connectivity index (χ2n) is 4.70. The van der Waals surface area contributed by atoms with Crippen molar-refractivity contribution in [1.29, 1.82) is 0 Å². The standard InChI is InChI=1S/C14H14N2O4S/c1-2-3-9(14(19)20)15-13(18)10-6-7-11(21-10)16-12(17)8-4-5-8/h1,6-9H,3-5H2,(H,15,18)(H,16,17)(H,19,20). The number of terminal acetylenes is 1. The van der Waals surface area contributed by atoms with E-state index < -0.39 is 17.9 Å². The van der Waals surface area contributed by atoms with Crippen LogP contribution in [0.5, 0.6) is 0 Å². The predicted octanol–water partition coefficient (Wildman–Crippen LogP) is 1.30. The normalized spacial score (nSPS) is 14.8. The second kappa shape index (κ2) is 6.41. The maximum absolute atomic E-state index is 11.9. The highest BCUT2D eigenvalue weighted by molar-refractivity contribution is 7.18. The minimum absolute atomic E-state index is 0.0421. The van der Waals surface area contributed by atoms with Crippen LogP contribution in [0.25, 0.3) is 0 Å². The van der Waals surface area contributed by atoms with Crippen LogP contribution in [0.4, 0.5) is 5.00 Å². The van der Waals surface area contributed by atoms with Gasteiger partial charge in [0.2, 0.25) is 5.91 Å². The van der Waals surface area contributed by atoms with Gasteiger partial charge < -0.3 is 15.7 Å². The first-order valence-corrected chi connectivity index (χ1v) is 7.20. The maximum Gasteiger partial charge on any atom is 0.327 e. The molecular weight excluding hydrogens is 292 g/mol. The van der Waals surface area contributed by atoms with Gasteiger partial charge in [-0.1, -0.05) is 0 Å². The molecule has 0 radical (unpaired) electrons. The molecule has 2 rings (SSSR count). The first-order valence-electron chi connectivity index (χ1n) is 6.39. The van der Waals surface area contributed by atoms with E-state index in [1.807, 2.05) is 0 Å². The van der Waals surface area contributed by atoms with Crippen molar-refractivity contribution in [2.24, 2.45) is 5.92 Å². The molecule has 1 fully saturated rings. The van der Waals surface area contributed by atoms with Crippen LogP contribution < -0.4 is 10.6 Å². The van der Waals surface area contributed by atoms with Crippen molar-refractivity contribution < 1.29 is 19.5 Å². The summed E-state index contributed by atoms with van der Waals surface area (Å²) in [5.41, 5.74) is 0. The third-order valence-electron chi connectivity index (χ3n) is 2.95. The lowest BCUT2D eigenvalue weighted by Gasteiger charge is -2.10. The molecule has 1 atom stereocenters. The molecule has 1 aromatic heterocycles. The number of carbonyl (C=O) groups is 3. The molecule has 0 aromatic carbocycles. The summed E-state index contributed by atoms with van der Waals surface area (Å²) in [7, 11) is 0. The predicted molar refractivity (Wildman–Crippen MR) is 78.0 cm³/mol. The SMILES string of the molecule is C#CCC(NC(=O)c1ccc(NC(=O)C2CC2)s1)C(=O)O. The smallest absolute Gasteiger partial charge is 0.327 e. The molecule has 2 amide bonds. The number of carbonyl (C=O) groups excluding carboxylic acids is 2. The molecule has 3 N–H and O–H groups in total. The Labute approximate surface area is 125 Å². The number of aliphatic carboxylic acids is 1. The Morgan fingerprint density at radius 3 is 2.71 bits per heavy atom. The maximum atomic E-state index is 11.9. The summed E-state index contributed by atoms with van der Waals surface area (Å²) >= 11 is 1.10. The van der Waals surface area contributed by atoms with E-state index in [4.69, 9.17) is 11.5 Å². The second-order valence-corrected chi connectivity index (χ2v) is 5.78. The molecule has 1 saturated carbocycles. The summed E-state index contributed by atoms with van der Waals surface area (Å²) in [5.74, 6) is 0.546. The Balaban J connectivity index is 1.96. The molecule has 110 valence electrons. The summed E-state index contributed by atoms with van der Waals surface area (Å²) in [5, 5.41) is 14.6. The Kier molecular flexibility index (Phi) is 4.60. The molecule has 0 spiro atoms. The zero-order chi connectivity index (χ0) is 15.4. The van der Waals surface area contributed by atoms with Crippen molar-refractivity contribution in [2.45, 2.75) is 25.3 Å². The number of thiophene rings is 1. The van der Waals surface area contributed by atoms with Gasteiger partial charge in [0.25, 0.3) is 5.91 Å². The summed E-state index contributed by atoms with van der Waals surface area (Å²) in [6.45, 7) is 0. The first kappa shape index (κ1) is 15.1. The molecule has 1 unspecified atom stereocenters. The highest BCUT2D eigenvalue weighted by Crippen LogP contribution is 2.31. The average molecular weight is 306 g/mol. The number of amides is 2. The van der Waals surface area contributed by atoms with Crippen LogP contribution in [0, 0.1) is 18.3 Å².